The molecule has 4 rings (SSSR count). The molecule has 8 nitrogen and oxygen atoms in total. The Labute approximate surface area is 187 Å². The summed E-state index contributed by atoms with van der Waals surface area (Å²) in [6.07, 6.45) is 3.13. The number of hydrogen-bond donors (Lipinski definition) is 1. The molecule has 1 N–H and O–H groups in total. The van der Waals surface area contributed by atoms with Crippen LogP contribution in [0.3, 0.4) is 0 Å². The van der Waals surface area contributed by atoms with Gasteiger partial charge in [-0.15, -0.1) is 0 Å². The molecule has 1 aliphatic heterocycles. The van der Waals surface area contributed by atoms with Gasteiger partial charge in [0.2, 0.25) is 5.95 Å². The summed E-state index contributed by atoms with van der Waals surface area (Å²) in [6, 6.07) is 7.89. The number of para-hydroxylation sites is 1. The second-order valence-corrected chi connectivity index (χ2v) is 8.58. The van der Waals surface area contributed by atoms with E-state index in [0.29, 0.717) is 29.9 Å². The molecule has 0 saturated carbocycles. The first-order chi connectivity index (χ1) is 15.3. The van der Waals surface area contributed by atoms with Crippen LogP contribution >= 0.6 is 0 Å². The molecule has 3 aromatic rings. The first-order valence-corrected chi connectivity index (χ1v) is 10.9. The molecule has 1 fully saturated rings. The zero-order valence-electron chi connectivity index (χ0n) is 19.0. The van der Waals surface area contributed by atoms with Crippen LogP contribution < -0.4 is 15.2 Å². The van der Waals surface area contributed by atoms with Crippen LogP contribution in [-0.4, -0.2) is 59.6 Å². The number of rotatable bonds is 5. The Kier molecular flexibility index (Phi) is 6.12. The van der Waals surface area contributed by atoms with E-state index in [9.17, 15) is 9.59 Å². The van der Waals surface area contributed by atoms with Gasteiger partial charge in [0.25, 0.3) is 11.5 Å². The number of carbonyl (C=O) groups is 1. The zero-order valence-corrected chi connectivity index (χ0v) is 19.0. The van der Waals surface area contributed by atoms with E-state index in [1.54, 1.807) is 6.20 Å². The molecule has 0 bridgehead atoms. The highest BCUT2D eigenvalue weighted by Crippen LogP contribution is 2.28. The van der Waals surface area contributed by atoms with Crippen LogP contribution in [0.1, 0.15) is 35.6 Å². The smallest absolute Gasteiger partial charge is 0.260 e. The maximum atomic E-state index is 12.7. The monoisotopic (exact) mass is 435 g/mol. The largest absolute Gasteiger partial charge is 0.483 e. The molecule has 1 aliphatic rings. The highest BCUT2D eigenvalue weighted by atomic mass is 16.5. The Morgan fingerprint density at radius 1 is 1.22 bits per heavy atom. The van der Waals surface area contributed by atoms with E-state index in [1.807, 2.05) is 62.0 Å². The number of aromatic amines is 1. The maximum Gasteiger partial charge on any atom is 0.260 e. The van der Waals surface area contributed by atoms with Crippen molar-refractivity contribution >= 4 is 22.8 Å². The van der Waals surface area contributed by atoms with E-state index < -0.39 is 0 Å². The fraction of sp³-hybridized carbons (Fsp3) is 0.417. The summed E-state index contributed by atoms with van der Waals surface area (Å²) in [5, 5.41) is 0.482. The van der Waals surface area contributed by atoms with E-state index in [-0.39, 0.29) is 24.0 Å². The van der Waals surface area contributed by atoms with Crippen LogP contribution in [-0.2, 0) is 4.79 Å². The summed E-state index contributed by atoms with van der Waals surface area (Å²) in [5.74, 6) is 1.51. The minimum absolute atomic E-state index is 0.0125. The zero-order chi connectivity index (χ0) is 22.8. The molecule has 0 atom stereocenters. The van der Waals surface area contributed by atoms with Gasteiger partial charge in [0.05, 0.1) is 10.9 Å². The molecule has 3 heterocycles. The minimum atomic E-state index is -0.177. The van der Waals surface area contributed by atoms with Crippen molar-refractivity contribution in [2.45, 2.75) is 32.6 Å². The highest BCUT2D eigenvalue weighted by Gasteiger charge is 2.25. The molecule has 0 radical (unpaired) electrons. The van der Waals surface area contributed by atoms with Gasteiger partial charge in [0.1, 0.15) is 5.75 Å². The molecule has 1 amide bonds. The number of ether oxygens (including phenoxy) is 1. The molecule has 32 heavy (non-hydrogen) atoms. The number of nitrogens with zero attached hydrogens (tertiary/aromatic N) is 4. The van der Waals surface area contributed by atoms with Crippen molar-refractivity contribution in [2.75, 3.05) is 38.7 Å². The number of nitrogens with one attached hydrogen (secondary N) is 1. The third-order valence-electron chi connectivity index (χ3n) is 6.04. The van der Waals surface area contributed by atoms with Crippen LogP contribution in [0.5, 0.6) is 5.75 Å². The second kappa shape index (κ2) is 8.98. The number of anilines is 1. The van der Waals surface area contributed by atoms with E-state index in [4.69, 9.17) is 4.74 Å². The highest BCUT2D eigenvalue weighted by molar-refractivity contribution is 5.79. The molecular weight excluding hydrogens is 406 g/mol. The van der Waals surface area contributed by atoms with Gasteiger partial charge in [-0.25, -0.2) is 9.97 Å². The van der Waals surface area contributed by atoms with Crippen molar-refractivity contribution in [3.8, 4) is 5.75 Å². The van der Waals surface area contributed by atoms with Gasteiger partial charge in [-0.2, -0.15) is 0 Å². The molecule has 1 saturated heterocycles. The van der Waals surface area contributed by atoms with Gasteiger partial charge in [-0.1, -0.05) is 18.2 Å². The SMILES string of the molecule is Cc1cccc(C)c1OCC(=O)N1CCC(c2cc3nc(N(C)C)ncc3c(=O)[nH]2)CC1. The lowest BCUT2D eigenvalue weighted by atomic mass is 9.92. The fourth-order valence-corrected chi connectivity index (χ4v) is 4.18. The number of hydrogen-bond acceptors (Lipinski definition) is 6. The first kappa shape index (κ1) is 21.8. The lowest BCUT2D eigenvalue weighted by Gasteiger charge is -2.32. The predicted molar refractivity (Wildman–Crippen MR) is 124 cm³/mol. The van der Waals surface area contributed by atoms with Crippen LogP contribution in [0.15, 0.2) is 35.3 Å². The Morgan fingerprint density at radius 3 is 2.56 bits per heavy atom. The minimum Gasteiger partial charge on any atom is -0.483 e. The molecule has 0 unspecified atom stereocenters. The van der Waals surface area contributed by atoms with Crippen LogP contribution in [0.4, 0.5) is 5.95 Å². The van der Waals surface area contributed by atoms with Crippen molar-refractivity contribution in [3.05, 3.63) is 57.6 Å². The predicted octanol–water partition coefficient (Wildman–Crippen LogP) is 2.79. The number of benzene rings is 1. The molecule has 2 aromatic heterocycles. The lowest BCUT2D eigenvalue weighted by Crippen LogP contribution is -2.40. The first-order valence-electron chi connectivity index (χ1n) is 10.9. The number of carbonyl (C=O) groups excluding carboxylic acids is 1. The van der Waals surface area contributed by atoms with Gasteiger partial charge in [0.15, 0.2) is 6.61 Å². The number of piperidine rings is 1. The van der Waals surface area contributed by atoms with Crippen LogP contribution in [0.2, 0.25) is 0 Å². The Morgan fingerprint density at radius 2 is 1.91 bits per heavy atom. The molecule has 8 heteroatoms. The third-order valence-corrected chi connectivity index (χ3v) is 6.04. The summed E-state index contributed by atoms with van der Waals surface area (Å²) < 4.78 is 5.83. The van der Waals surface area contributed by atoms with Gasteiger partial charge in [-0.05, 0) is 43.9 Å². The Bertz CT molecular complexity index is 1180. The van der Waals surface area contributed by atoms with Crippen molar-refractivity contribution in [3.63, 3.8) is 0 Å². The van der Waals surface area contributed by atoms with E-state index in [0.717, 1.165) is 35.4 Å². The second-order valence-electron chi connectivity index (χ2n) is 8.58. The summed E-state index contributed by atoms with van der Waals surface area (Å²) in [5.41, 5.74) is 3.38. The van der Waals surface area contributed by atoms with Crippen molar-refractivity contribution in [1.82, 2.24) is 19.9 Å². The quantitative estimate of drug-likeness (QED) is 0.663. The van der Waals surface area contributed by atoms with Gasteiger partial charge in [0, 0.05) is 45.0 Å². The molecule has 0 spiro atoms. The normalized spacial score (nSPS) is 14.6. The van der Waals surface area contributed by atoms with Crippen LogP contribution in [0.25, 0.3) is 10.9 Å². The standard InChI is InChI=1S/C24H29N5O3/c1-15-6-5-7-16(2)22(15)32-14-21(30)29-10-8-17(9-11-29)19-12-20-18(23(31)26-19)13-25-24(27-20)28(3)4/h5-7,12-13,17H,8-11,14H2,1-4H3,(H,26,31). The van der Waals surface area contributed by atoms with Crippen molar-refractivity contribution in [1.29, 1.82) is 0 Å². The summed E-state index contributed by atoms with van der Waals surface area (Å²) >= 11 is 0. The van der Waals surface area contributed by atoms with Gasteiger partial charge >= 0.3 is 0 Å². The van der Waals surface area contributed by atoms with Crippen LogP contribution in [0, 0.1) is 13.8 Å². The average molecular weight is 436 g/mol. The van der Waals surface area contributed by atoms with Gasteiger partial charge < -0.3 is 19.5 Å². The lowest BCUT2D eigenvalue weighted by molar-refractivity contribution is -0.134. The topological polar surface area (TPSA) is 91.4 Å². The summed E-state index contributed by atoms with van der Waals surface area (Å²) in [7, 11) is 3.73. The molecule has 1 aromatic carbocycles. The van der Waals surface area contributed by atoms with Crippen molar-refractivity contribution < 1.29 is 9.53 Å². The Balaban J connectivity index is 1.41. The van der Waals surface area contributed by atoms with E-state index >= 15 is 0 Å². The van der Waals surface area contributed by atoms with Crippen molar-refractivity contribution in [2.24, 2.45) is 0 Å². The maximum absolute atomic E-state index is 12.7. The molecular formula is C24H29N5O3. The van der Waals surface area contributed by atoms with E-state index in [1.165, 1.54) is 0 Å². The molecule has 168 valence electrons. The number of likely N-dealkylation sites (tertiary alicyclic amines) is 1. The molecule has 0 aliphatic carbocycles. The third kappa shape index (κ3) is 4.44. The van der Waals surface area contributed by atoms with E-state index in [2.05, 4.69) is 15.0 Å². The Hall–Kier alpha value is -3.42. The number of amides is 1. The summed E-state index contributed by atoms with van der Waals surface area (Å²) in [6.45, 7) is 5.26. The number of fused-ring (bicyclic) bond motifs is 1. The number of aromatic nitrogens is 3. The van der Waals surface area contributed by atoms with Gasteiger partial charge in [-0.3, -0.25) is 9.59 Å². The number of pyridine rings is 1. The number of aryl methyl sites for hydroxylation is 2. The fourth-order valence-electron chi connectivity index (χ4n) is 4.18. The summed E-state index contributed by atoms with van der Waals surface area (Å²) in [4.78, 5) is 40.6. The average Bonchev–Trinajstić information content (AvgIpc) is 2.78. The number of H-pyrrole nitrogens is 1.